The van der Waals surface area contributed by atoms with Crippen LogP contribution in [0.1, 0.15) is 66.3 Å². The molecule has 1 aromatic rings. The molecule has 1 amide bonds. The number of hydrogen-bond donors (Lipinski definition) is 2. The monoisotopic (exact) mass is 290 g/mol. The van der Waals surface area contributed by atoms with E-state index in [2.05, 4.69) is 17.2 Å². The molecule has 1 aliphatic rings. The van der Waals surface area contributed by atoms with Crippen LogP contribution in [-0.2, 0) is 0 Å². The molecule has 0 radical (unpaired) electrons. The average molecular weight is 290 g/mol. The molecule has 1 fully saturated rings. The van der Waals surface area contributed by atoms with Gasteiger partial charge in [-0.1, -0.05) is 26.2 Å². The minimum Gasteiger partial charge on any atom is -0.477 e. The normalized spacial score (nSPS) is 17.2. The first kappa shape index (κ1) is 15.5. The summed E-state index contributed by atoms with van der Waals surface area (Å²) in [5, 5.41) is 11.9. The van der Waals surface area contributed by atoms with Gasteiger partial charge in [0.15, 0.2) is 0 Å². The molecule has 2 rings (SSSR count). The molecule has 2 N–H and O–H groups in total. The Morgan fingerprint density at radius 1 is 1.33 bits per heavy atom. The quantitative estimate of drug-likeness (QED) is 0.874. The third kappa shape index (κ3) is 4.03. The van der Waals surface area contributed by atoms with Crippen molar-refractivity contribution in [3.8, 4) is 0 Å². The van der Waals surface area contributed by atoms with Gasteiger partial charge < -0.3 is 10.4 Å². The van der Waals surface area contributed by atoms with Gasteiger partial charge in [0.1, 0.15) is 5.69 Å². The highest BCUT2D eigenvalue weighted by molar-refractivity contribution is 5.95. The first-order chi connectivity index (χ1) is 10.1. The minimum absolute atomic E-state index is 0.0501. The zero-order chi connectivity index (χ0) is 15.2. The molecule has 1 aliphatic carbocycles. The fraction of sp³-hybridized carbons (Fsp3) is 0.562. The number of carbonyl (C=O) groups excluding carboxylic acids is 1. The number of nitrogens with one attached hydrogen (secondary N) is 1. The first-order valence-corrected chi connectivity index (χ1v) is 7.62. The Morgan fingerprint density at radius 3 is 2.57 bits per heavy atom. The average Bonchev–Trinajstić information content (AvgIpc) is 2.53. The third-order valence-electron chi connectivity index (χ3n) is 4.22. The molecule has 0 bridgehead atoms. The van der Waals surface area contributed by atoms with Crippen molar-refractivity contribution in [1.82, 2.24) is 10.3 Å². The lowest BCUT2D eigenvalue weighted by atomic mass is 9.83. The second-order valence-corrected chi connectivity index (χ2v) is 5.62. The summed E-state index contributed by atoms with van der Waals surface area (Å²) in [4.78, 5) is 26.8. The number of amides is 1. The molecule has 0 aromatic carbocycles. The second-order valence-electron chi connectivity index (χ2n) is 5.62. The number of carboxylic acids is 1. The van der Waals surface area contributed by atoms with Gasteiger partial charge in [-0.25, -0.2) is 9.78 Å². The molecule has 0 spiro atoms. The summed E-state index contributed by atoms with van der Waals surface area (Å²) in [5.41, 5.74) is 0.361. The molecular formula is C16H22N2O3. The number of hydrogen-bond acceptors (Lipinski definition) is 3. The van der Waals surface area contributed by atoms with Crippen molar-refractivity contribution in [2.24, 2.45) is 5.92 Å². The van der Waals surface area contributed by atoms with E-state index < -0.39 is 5.97 Å². The standard InChI is InChI=1S/C16H22N2O3/c1-2-13(11-6-4-3-5-7-11)18-15(19)12-8-9-14(16(20)21)17-10-12/h8-11,13H,2-7H2,1H3,(H,18,19)(H,20,21). The van der Waals surface area contributed by atoms with Crippen LogP contribution in [0, 0.1) is 5.92 Å². The topological polar surface area (TPSA) is 79.3 Å². The van der Waals surface area contributed by atoms with Crippen molar-refractivity contribution < 1.29 is 14.7 Å². The molecule has 1 atom stereocenters. The largest absolute Gasteiger partial charge is 0.477 e. The first-order valence-electron chi connectivity index (χ1n) is 7.62. The van der Waals surface area contributed by atoms with Crippen molar-refractivity contribution in [2.45, 2.75) is 51.5 Å². The lowest BCUT2D eigenvalue weighted by molar-refractivity contribution is 0.0689. The van der Waals surface area contributed by atoms with E-state index in [4.69, 9.17) is 5.11 Å². The highest BCUT2D eigenvalue weighted by Gasteiger charge is 2.24. The van der Waals surface area contributed by atoms with Gasteiger partial charge in [-0.05, 0) is 37.3 Å². The minimum atomic E-state index is -1.09. The SMILES string of the molecule is CCC(NC(=O)c1ccc(C(=O)O)nc1)C1CCCCC1. The Labute approximate surface area is 124 Å². The summed E-state index contributed by atoms with van der Waals surface area (Å²) in [6.07, 6.45) is 8.37. The van der Waals surface area contributed by atoms with E-state index in [1.807, 2.05) is 0 Å². The van der Waals surface area contributed by atoms with Crippen LogP contribution in [0.15, 0.2) is 18.3 Å². The Hall–Kier alpha value is -1.91. The van der Waals surface area contributed by atoms with Crippen LogP contribution < -0.4 is 5.32 Å². The van der Waals surface area contributed by atoms with E-state index in [1.165, 1.54) is 50.4 Å². The number of aromatic carboxylic acids is 1. The predicted octanol–water partition coefficient (Wildman–Crippen LogP) is 2.87. The van der Waals surface area contributed by atoms with Gasteiger partial charge in [-0.2, -0.15) is 0 Å². The molecule has 0 saturated heterocycles. The van der Waals surface area contributed by atoms with Crippen LogP contribution in [0.4, 0.5) is 0 Å². The molecule has 5 heteroatoms. The van der Waals surface area contributed by atoms with Crippen LogP contribution >= 0.6 is 0 Å². The molecular weight excluding hydrogens is 268 g/mol. The lowest BCUT2D eigenvalue weighted by Crippen LogP contribution is -2.40. The summed E-state index contributed by atoms with van der Waals surface area (Å²) in [7, 11) is 0. The van der Waals surface area contributed by atoms with Crippen molar-refractivity contribution in [3.63, 3.8) is 0 Å². The van der Waals surface area contributed by atoms with Gasteiger partial charge in [-0.3, -0.25) is 4.79 Å². The van der Waals surface area contributed by atoms with Gasteiger partial charge in [0.25, 0.3) is 5.91 Å². The summed E-state index contributed by atoms with van der Waals surface area (Å²) in [5.74, 6) is -0.702. The van der Waals surface area contributed by atoms with Gasteiger partial charge in [0.2, 0.25) is 0 Å². The van der Waals surface area contributed by atoms with Gasteiger partial charge in [0, 0.05) is 12.2 Å². The predicted molar refractivity (Wildman–Crippen MR) is 79.3 cm³/mol. The molecule has 114 valence electrons. The van der Waals surface area contributed by atoms with E-state index in [-0.39, 0.29) is 17.6 Å². The zero-order valence-electron chi connectivity index (χ0n) is 12.3. The molecule has 1 unspecified atom stereocenters. The smallest absolute Gasteiger partial charge is 0.354 e. The van der Waals surface area contributed by atoms with Crippen molar-refractivity contribution in [2.75, 3.05) is 0 Å². The molecule has 1 saturated carbocycles. The van der Waals surface area contributed by atoms with Crippen LogP contribution in [0.2, 0.25) is 0 Å². The molecule has 1 heterocycles. The number of carbonyl (C=O) groups is 2. The highest BCUT2D eigenvalue weighted by Crippen LogP contribution is 2.27. The van der Waals surface area contributed by atoms with Crippen LogP contribution in [0.25, 0.3) is 0 Å². The van der Waals surface area contributed by atoms with Crippen molar-refractivity contribution in [3.05, 3.63) is 29.6 Å². The van der Waals surface area contributed by atoms with E-state index >= 15 is 0 Å². The highest BCUT2D eigenvalue weighted by atomic mass is 16.4. The second kappa shape index (κ2) is 7.20. The number of carboxylic acid groups (broad SMARTS) is 1. The molecule has 21 heavy (non-hydrogen) atoms. The Balaban J connectivity index is 1.99. The number of rotatable bonds is 5. The molecule has 1 aromatic heterocycles. The van der Waals surface area contributed by atoms with Crippen molar-refractivity contribution in [1.29, 1.82) is 0 Å². The van der Waals surface area contributed by atoms with Gasteiger partial charge in [0.05, 0.1) is 5.56 Å². The lowest BCUT2D eigenvalue weighted by Gasteiger charge is -2.30. The fourth-order valence-corrected chi connectivity index (χ4v) is 3.00. The number of pyridine rings is 1. The van der Waals surface area contributed by atoms with E-state index in [9.17, 15) is 9.59 Å². The third-order valence-corrected chi connectivity index (χ3v) is 4.22. The van der Waals surface area contributed by atoms with Crippen molar-refractivity contribution >= 4 is 11.9 Å². The van der Waals surface area contributed by atoms with Crippen LogP contribution in [-0.4, -0.2) is 28.0 Å². The van der Waals surface area contributed by atoms with E-state index in [0.717, 1.165) is 6.42 Å². The van der Waals surface area contributed by atoms with Gasteiger partial charge >= 0.3 is 5.97 Å². The van der Waals surface area contributed by atoms with Gasteiger partial charge in [-0.15, -0.1) is 0 Å². The summed E-state index contributed by atoms with van der Waals surface area (Å²) in [6.45, 7) is 2.09. The summed E-state index contributed by atoms with van der Waals surface area (Å²) >= 11 is 0. The fourth-order valence-electron chi connectivity index (χ4n) is 3.00. The maximum Gasteiger partial charge on any atom is 0.354 e. The van der Waals surface area contributed by atoms with E-state index in [0.29, 0.717) is 11.5 Å². The van der Waals surface area contributed by atoms with E-state index in [1.54, 1.807) is 0 Å². The Bertz CT molecular complexity index is 493. The number of nitrogens with zero attached hydrogens (tertiary/aromatic N) is 1. The number of aromatic nitrogens is 1. The summed E-state index contributed by atoms with van der Waals surface area (Å²) in [6, 6.07) is 3.06. The van der Waals surface area contributed by atoms with Crippen LogP contribution in [0.5, 0.6) is 0 Å². The zero-order valence-corrected chi connectivity index (χ0v) is 12.3. The maximum absolute atomic E-state index is 12.2. The molecule has 5 nitrogen and oxygen atoms in total. The Kier molecular flexibility index (Phi) is 5.31. The maximum atomic E-state index is 12.2. The Morgan fingerprint density at radius 2 is 2.05 bits per heavy atom. The van der Waals surface area contributed by atoms with Crippen LogP contribution in [0.3, 0.4) is 0 Å². The summed E-state index contributed by atoms with van der Waals surface area (Å²) < 4.78 is 0. The molecule has 0 aliphatic heterocycles.